The summed E-state index contributed by atoms with van der Waals surface area (Å²) in [5, 5.41) is 5.55. The highest BCUT2D eigenvalue weighted by atomic mass is 19.1. The van der Waals surface area contributed by atoms with Gasteiger partial charge in [0.1, 0.15) is 5.82 Å². The number of fused-ring (bicyclic) bond motifs is 1. The monoisotopic (exact) mass is 312 g/mol. The number of hydrogen-bond donors (Lipinski definition) is 2. The molecule has 1 aliphatic heterocycles. The van der Waals surface area contributed by atoms with Gasteiger partial charge in [-0.1, -0.05) is 18.2 Å². The van der Waals surface area contributed by atoms with Gasteiger partial charge in [-0.2, -0.15) is 0 Å². The van der Waals surface area contributed by atoms with E-state index in [1.807, 2.05) is 0 Å². The lowest BCUT2D eigenvalue weighted by molar-refractivity contribution is -0.116. The molecule has 23 heavy (non-hydrogen) atoms. The molecule has 4 nitrogen and oxygen atoms in total. The smallest absolute Gasteiger partial charge is 0.251 e. The van der Waals surface area contributed by atoms with Crippen molar-refractivity contribution in [2.24, 2.45) is 0 Å². The molecule has 2 aromatic rings. The van der Waals surface area contributed by atoms with Crippen molar-refractivity contribution in [1.82, 2.24) is 5.32 Å². The fourth-order valence-corrected chi connectivity index (χ4v) is 2.64. The third-order valence-electron chi connectivity index (χ3n) is 3.89. The zero-order chi connectivity index (χ0) is 16.2. The van der Waals surface area contributed by atoms with Gasteiger partial charge in [-0.15, -0.1) is 0 Å². The number of carbonyl (C=O) groups excluding carboxylic acids is 2. The summed E-state index contributed by atoms with van der Waals surface area (Å²) in [6.07, 6.45) is 2.01. The van der Waals surface area contributed by atoms with Crippen LogP contribution in [0.15, 0.2) is 42.5 Å². The molecule has 0 aromatic heterocycles. The minimum Gasteiger partial charge on any atom is -0.348 e. The van der Waals surface area contributed by atoms with Crippen LogP contribution in [-0.2, 0) is 17.8 Å². The van der Waals surface area contributed by atoms with Gasteiger partial charge in [-0.25, -0.2) is 4.39 Å². The minimum atomic E-state index is -0.336. The van der Waals surface area contributed by atoms with Crippen molar-refractivity contribution in [1.29, 1.82) is 0 Å². The first-order valence-electron chi connectivity index (χ1n) is 7.58. The molecule has 0 fully saturated rings. The van der Waals surface area contributed by atoms with Crippen LogP contribution in [0.5, 0.6) is 0 Å². The number of carbonyl (C=O) groups is 2. The Morgan fingerprint density at radius 3 is 2.83 bits per heavy atom. The molecule has 1 aliphatic rings. The number of aryl methyl sites for hydroxylation is 1. The van der Waals surface area contributed by atoms with E-state index in [2.05, 4.69) is 10.6 Å². The second-order valence-corrected chi connectivity index (χ2v) is 5.55. The van der Waals surface area contributed by atoms with Crippen molar-refractivity contribution in [2.45, 2.75) is 25.8 Å². The Labute approximate surface area is 133 Å². The van der Waals surface area contributed by atoms with Gasteiger partial charge in [0.15, 0.2) is 0 Å². The topological polar surface area (TPSA) is 58.2 Å². The molecular formula is C18H17FN2O2. The number of nitrogens with one attached hydrogen (secondary N) is 2. The van der Waals surface area contributed by atoms with E-state index in [0.29, 0.717) is 17.5 Å². The number of amides is 2. The van der Waals surface area contributed by atoms with E-state index in [4.69, 9.17) is 0 Å². The van der Waals surface area contributed by atoms with Crippen LogP contribution in [0.4, 0.5) is 10.1 Å². The quantitative estimate of drug-likeness (QED) is 0.915. The van der Waals surface area contributed by atoms with Gasteiger partial charge in [0.25, 0.3) is 5.91 Å². The number of rotatable bonds is 3. The molecule has 118 valence electrons. The van der Waals surface area contributed by atoms with Gasteiger partial charge in [-0.05, 0) is 42.7 Å². The summed E-state index contributed by atoms with van der Waals surface area (Å²) in [6.45, 7) is 0.138. The van der Waals surface area contributed by atoms with Gasteiger partial charge in [-0.3, -0.25) is 9.59 Å². The van der Waals surface area contributed by atoms with Gasteiger partial charge in [0.2, 0.25) is 5.91 Å². The Bertz CT molecular complexity index is 758. The molecule has 0 radical (unpaired) electrons. The number of anilines is 1. The van der Waals surface area contributed by atoms with Crippen molar-refractivity contribution < 1.29 is 14.0 Å². The van der Waals surface area contributed by atoms with Crippen molar-refractivity contribution in [2.75, 3.05) is 5.32 Å². The van der Waals surface area contributed by atoms with Crippen LogP contribution < -0.4 is 10.6 Å². The zero-order valence-corrected chi connectivity index (χ0v) is 12.6. The first kappa shape index (κ1) is 15.2. The van der Waals surface area contributed by atoms with Crippen LogP contribution >= 0.6 is 0 Å². The van der Waals surface area contributed by atoms with Crippen molar-refractivity contribution in [3.63, 3.8) is 0 Å². The second-order valence-electron chi connectivity index (χ2n) is 5.55. The molecule has 0 unspecified atom stereocenters. The highest BCUT2D eigenvalue weighted by Gasteiger charge is 2.15. The van der Waals surface area contributed by atoms with E-state index in [9.17, 15) is 14.0 Å². The molecule has 5 heteroatoms. The highest BCUT2D eigenvalue weighted by molar-refractivity contribution is 5.97. The molecule has 2 N–H and O–H groups in total. The van der Waals surface area contributed by atoms with Crippen LogP contribution in [0.3, 0.4) is 0 Å². The largest absolute Gasteiger partial charge is 0.348 e. The lowest BCUT2D eigenvalue weighted by atomic mass is 10.0. The third-order valence-corrected chi connectivity index (χ3v) is 3.89. The summed E-state index contributed by atoms with van der Waals surface area (Å²) in [7, 11) is 0. The first-order chi connectivity index (χ1) is 11.1. The van der Waals surface area contributed by atoms with Gasteiger partial charge in [0.05, 0.1) is 0 Å². The maximum Gasteiger partial charge on any atom is 0.251 e. The van der Waals surface area contributed by atoms with Gasteiger partial charge in [0, 0.05) is 29.8 Å². The van der Waals surface area contributed by atoms with Crippen LogP contribution in [0.1, 0.15) is 34.3 Å². The van der Waals surface area contributed by atoms with Crippen molar-refractivity contribution in [3.05, 3.63) is 65.0 Å². The van der Waals surface area contributed by atoms with Crippen molar-refractivity contribution >= 4 is 17.5 Å². The molecular weight excluding hydrogens is 295 g/mol. The summed E-state index contributed by atoms with van der Waals surface area (Å²) >= 11 is 0. The van der Waals surface area contributed by atoms with Gasteiger partial charge >= 0.3 is 0 Å². The summed E-state index contributed by atoms with van der Waals surface area (Å²) in [5.74, 6) is -0.593. The molecule has 0 saturated carbocycles. The molecule has 2 aromatic carbocycles. The molecule has 2 amide bonds. The zero-order valence-electron chi connectivity index (χ0n) is 12.6. The predicted octanol–water partition coefficient (Wildman–Crippen LogP) is 3.03. The summed E-state index contributed by atoms with van der Waals surface area (Å²) in [5.41, 5.74) is 2.67. The highest BCUT2D eigenvalue weighted by Crippen LogP contribution is 2.23. The fourth-order valence-electron chi connectivity index (χ4n) is 2.64. The standard InChI is InChI=1S/C18H17FN2O2/c19-15-6-2-1-4-14(15)11-20-18(23)13-8-9-16-12(10-13)5-3-7-17(22)21-16/h1-2,4,6,8-10H,3,5,7,11H2,(H,20,23)(H,21,22). The molecule has 3 rings (SSSR count). The lowest BCUT2D eigenvalue weighted by Crippen LogP contribution is -2.23. The van der Waals surface area contributed by atoms with E-state index < -0.39 is 0 Å². The summed E-state index contributed by atoms with van der Waals surface area (Å²) < 4.78 is 13.6. The molecule has 0 spiro atoms. The van der Waals surface area contributed by atoms with Crippen molar-refractivity contribution in [3.8, 4) is 0 Å². The van der Waals surface area contributed by atoms with E-state index in [1.165, 1.54) is 6.07 Å². The van der Waals surface area contributed by atoms with Gasteiger partial charge < -0.3 is 10.6 Å². The summed E-state index contributed by atoms with van der Waals surface area (Å²) in [6, 6.07) is 11.6. The third kappa shape index (κ3) is 3.56. The molecule has 0 saturated heterocycles. The molecule has 0 bridgehead atoms. The Hall–Kier alpha value is -2.69. The number of hydrogen-bond acceptors (Lipinski definition) is 2. The maximum absolute atomic E-state index is 13.6. The fraction of sp³-hybridized carbons (Fsp3) is 0.222. The Morgan fingerprint density at radius 2 is 2.00 bits per heavy atom. The van der Waals surface area contributed by atoms with Crippen LogP contribution in [-0.4, -0.2) is 11.8 Å². The van der Waals surface area contributed by atoms with Crippen LogP contribution in [0.2, 0.25) is 0 Å². The first-order valence-corrected chi connectivity index (χ1v) is 7.58. The van der Waals surface area contributed by atoms with Crippen LogP contribution in [0, 0.1) is 5.82 Å². The van der Waals surface area contributed by atoms with E-state index in [1.54, 1.807) is 36.4 Å². The second kappa shape index (κ2) is 6.60. The van der Waals surface area contributed by atoms with E-state index in [-0.39, 0.29) is 24.2 Å². The molecule has 1 heterocycles. The normalized spacial score (nSPS) is 13.7. The molecule has 0 aliphatic carbocycles. The SMILES string of the molecule is O=C1CCCc2cc(C(=O)NCc3ccccc3F)ccc2N1. The minimum absolute atomic E-state index is 0.000467. The van der Waals surface area contributed by atoms with Crippen LogP contribution in [0.25, 0.3) is 0 Å². The Balaban J connectivity index is 1.72. The average molecular weight is 312 g/mol. The van der Waals surface area contributed by atoms with E-state index >= 15 is 0 Å². The number of benzene rings is 2. The number of halogens is 1. The Kier molecular flexibility index (Phi) is 4.37. The lowest BCUT2D eigenvalue weighted by Gasteiger charge is -2.10. The Morgan fingerprint density at radius 1 is 1.17 bits per heavy atom. The molecule has 0 atom stereocenters. The average Bonchev–Trinajstić information content (AvgIpc) is 2.73. The predicted molar refractivity (Wildman–Crippen MR) is 85.6 cm³/mol. The summed E-state index contributed by atoms with van der Waals surface area (Å²) in [4.78, 5) is 23.8. The maximum atomic E-state index is 13.6. The van der Waals surface area contributed by atoms with E-state index in [0.717, 1.165) is 24.1 Å².